The molecule has 0 aliphatic carbocycles. The van der Waals surface area contributed by atoms with Crippen molar-refractivity contribution < 1.29 is 44.4 Å². The summed E-state index contributed by atoms with van der Waals surface area (Å²) in [4.78, 5) is 57.8. The monoisotopic (exact) mass is 439 g/mol. The molecule has 1 rings (SSSR count). The van der Waals surface area contributed by atoms with Gasteiger partial charge in [-0.15, -0.1) is 0 Å². The van der Waals surface area contributed by atoms with Crippen LogP contribution in [0.4, 0.5) is 0 Å². The number of benzene rings is 1. The number of carboxylic acids is 3. The van der Waals surface area contributed by atoms with Crippen molar-refractivity contribution in [2.24, 2.45) is 5.73 Å². The predicted octanol–water partition coefficient (Wildman–Crippen LogP) is -0.954. The number of carbonyl (C=O) groups excluding carboxylic acids is 2. The molecule has 0 heterocycles. The Labute approximate surface area is 177 Å². The van der Waals surface area contributed by atoms with Crippen LogP contribution in [0.1, 0.15) is 31.2 Å². The van der Waals surface area contributed by atoms with E-state index in [-0.39, 0.29) is 31.4 Å². The lowest BCUT2D eigenvalue weighted by molar-refractivity contribution is -0.143. The quantitative estimate of drug-likeness (QED) is 0.200. The molecule has 12 nitrogen and oxygen atoms in total. The van der Waals surface area contributed by atoms with E-state index in [2.05, 4.69) is 10.6 Å². The Morgan fingerprint density at radius 2 is 1.32 bits per heavy atom. The normalized spacial score (nSPS) is 13.5. The molecule has 1 aromatic rings. The van der Waals surface area contributed by atoms with Gasteiger partial charge in [-0.1, -0.05) is 12.1 Å². The van der Waals surface area contributed by atoms with E-state index in [9.17, 15) is 34.2 Å². The van der Waals surface area contributed by atoms with Gasteiger partial charge in [-0.25, -0.2) is 4.79 Å². The van der Waals surface area contributed by atoms with Gasteiger partial charge in [0.25, 0.3) is 0 Å². The Bertz CT molecular complexity index is 810. The van der Waals surface area contributed by atoms with Crippen LogP contribution >= 0.6 is 0 Å². The summed E-state index contributed by atoms with van der Waals surface area (Å²) in [6.07, 6.45) is -1.52. The van der Waals surface area contributed by atoms with Crippen LogP contribution in [0.25, 0.3) is 0 Å². The summed E-state index contributed by atoms with van der Waals surface area (Å²) >= 11 is 0. The van der Waals surface area contributed by atoms with Crippen molar-refractivity contribution in [3.05, 3.63) is 29.8 Å². The molecule has 12 heteroatoms. The molecule has 2 amide bonds. The molecule has 0 aliphatic heterocycles. The van der Waals surface area contributed by atoms with Crippen molar-refractivity contribution in [1.29, 1.82) is 0 Å². The first-order valence-corrected chi connectivity index (χ1v) is 9.30. The zero-order valence-electron chi connectivity index (χ0n) is 16.5. The van der Waals surface area contributed by atoms with Gasteiger partial charge in [0, 0.05) is 19.3 Å². The third-order valence-corrected chi connectivity index (χ3v) is 4.28. The fourth-order valence-electron chi connectivity index (χ4n) is 2.57. The maximum atomic E-state index is 12.6. The van der Waals surface area contributed by atoms with Crippen LogP contribution in [0.3, 0.4) is 0 Å². The number of hydrogen-bond acceptors (Lipinski definition) is 7. The Morgan fingerprint density at radius 1 is 0.806 bits per heavy atom. The summed E-state index contributed by atoms with van der Waals surface area (Å²) in [5, 5.41) is 40.8. The minimum atomic E-state index is -1.39. The van der Waals surface area contributed by atoms with Gasteiger partial charge in [-0.3, -0.25) is 19.2 Å². The van der Waals surface area contributed by atoms with Gasteiger partial charge in [0.15, 0.2) is 0 Å². The van der Waals surface area contributed by atoms with E-state index in [0.717, 1.165) is 0 Å². The van der Waals surface area contributed by atoms with Gasteiger partial charge in [0.05, 0.1) is 6.04 Å². The average Bonchev–Trinajstić information content (AvgIpc) is 2.69. The third-order valence-electron chi connectivity index (χ3n) is 4.28. The number of phenolic OH excluding ortho intramolecular Hbond substituents is 1. The van der Waals surface area contributed by atoms with E-state index >= 15 is 0 Å². The molecular weight excluding hydrogens is 414 g/mol. The number of carbonyl (C=O) groups is 5. The van der Waals surface area contributed by atoms with Gasteiger partial charge in [0.1, 0.15) is 17.8 Å². The van der Waals surface area contributed by atoms with Crippen molar-refractivity contribution in [3.8, 4) is 5.75 Å². The van der Waals surface area contributed by atoms with Crippen LogP contribution < -0.4 is 16.4 Å². The zero-order valence-corrected chi connectivity index (χ0v) is 16.5. The molecule has 0 saturated heterocycles. The molecule has 0 aliphatic rings. The van der Waals surface area contributed by atoms with Gasteiger partial charge in [-0.2, -0.15) is 0 Å². The smallest absolute Gasteiger partial charge is 0.326 e. The Kier molecular flexibility index (Phi) is 9.92. The molecule has 0 spiro atoms. The van der Waals surface area contributed by atoms with E-state index in [4.69, 9.17) is 15.9 Å². The lowest BCUT2D eigenvalue weighted by Gasteiger charge is -2.22. The molecule has 0 bridgehead atoms. The number of carboxylic acid groups (broad SMARTS) is 3. The molecule has 0 saturated carbocycles. The van der Waals surface area contributed by atoms with E-state index in [1.54, 1.807) is 0 Å². The number of aliphatic carboxylic acids is 3. The second-order valence-corrected chi connectivity index (χ2v) is 6.80. The van der Waals surface area contributed by atoms with Crippen molar-refractivity contribution in [1.82, 2.24) is 10.6 Å². The minimum Gasteiger partial charge on any atom is -0.508 e. The van der Waals surface area contributed by atoms with E-state index in [1.807, 2.05) is 0 Å². The average molecular weight is 439 g/mol. The van der Waals surface area contributed by atoms with Gasteiger partial charge in [-0.05, 0) is 30.5 Å². The summed E-state index contributed by atoms with van der Waals surface area (Å²) in [5.41, 5.74) is 6.10. The number of hydrogen-bond donors (Lipinski definition) is 7. The predicted molar refractivity (Wildman–Crippen MR) is 105 cm³/mol. The summed E-state index contributed by atoms with van der Waals surface area (Å²) in [5.74, 6) is -5.57. The summed E-state index contributed by atoms with van der Waals surface area (Å²) in [6.45, 7) is 0. The minimum absolute atomic E-state index is 0.0182. The molecule has 8 N–H and O–H groups in total. The van der Waals surface area contributed by atoms with Crippen molar-refractivity contribution in [2.45, 2.75) is 50.2 Å². The summed E-state index contributed by atoms with van der Waals surface area (Å²) < 4.78 is 0. The SMILES string of the molecule is N[C@@H](CCC(=O)O)C(=O)N[C@@H](CCC(=O)O)C(=O)N[C@@H](Cc1ccc(O)cc1)C(=O)O. The van der Waals surface area contributed by atoms with Crippen molar-refractivity contribution in [2.75, 3.05) is 0 Å². The highest BCUT2D eigenvalue weighted by atomic mass is 16.4. The van der Waals surface area contributed by atoms with Crippen LogP contribution in [0.5, 0.6) is 5.75 Å². The molecule has 3 atom stereocenters. The molecule has 170 valence electrons. The van der Waals surface area contributed by atoms with Gasteiger partial charge < -0.3 is 36.8 Å². The lowest BCUT2D eigenvalue weighted by Crippen LogP contribution is -2.55. The maximum absolute atomic E-state index is 12.6. The standard InChI is InChI=1S/C19H25N3O9/c20-12(5-7-15(24)25)17(28)21-13(6-8-16(26)27)18(29)22-14(19(30)31)9-10-1-3-11(23)4-2-10/h1-4,12-14,23H,5-9,20H2,(H,21,28)(H,22,29)(H,24,25)(H,26,27)(H,30,31)/t12-,13-,14-/m0/s1. The first-order valence-electron chi connectivity index (χ1n) is 9.30. The number of rotatable bonds is 13. The zero-order chi connectivity index (χ0) is 23.6. The number of aromatic hydroxyl groups is 1. The van der Waals surface area contributed by atoms with Crippen LogP contribution in [0.15, 0.2) is 24.3 Å². The highest BCUT2D eigenvalue weighted by Gasteiger charge is 2.28. The molecule has 1 aromatic carbocycles. The topological polar surface area (TPSA) is 216 Å². The molecular formula is C19H25N3O9. The van der Waals surface area contributed by atoms with Crippen molar-refractivity contribution in [3.63, 3.8) is 0 Å². The maximum Gasteiger partial charge on any atom is 0.326 e. The fourth-order valence-corrected chi connectivity index (χ4v) is 2.57. The first-order chi connectivity index (χ1) is 14.5. The molecule has 0 aromatic heterocycles. The lowest BCUT2D eigenvalue weighted by atomic mass is 10.0. The summed E-state index contributed by atoms with van der Waals surface area (Å²) in [6, 6.07) is 1.63. The highest BCUT2D eigenvalue weighted by Crippen LogP contribution is 2.12. The van der Waals surface area contributed by atoms with E-state index in [0.29, 0.717) is 5.56 Å². The molecule has 0 unspecified atom stereocenters. The second-order valence-electron chi connectivity index (χ2n) is 6.80. The van der Waals surface area contributed by atoms with Crippen molar-refractivity contribution >= 4 is 29.7 Å². The molecule has 0 radical (unpaired) electrons. The van der Waals surface area contributed by atoms with E-state index in [1.165, 1.54) is 24.3 Å². The second kappa shape index (κ2) is 12.1. The number of amides is 2. The van der Waals surface area contributed by atoms with Crippen LogP contribution in [0, 0.1) is 0 Å². The molecule has 31 heavy (non-hydrogen) atoms. The largest absolute Gasteiger partial charge is 0.508 e. The van der Waals surface area contributed by atoms with Crippen LogP contribution in [-0.2, 0) is 30.4 Å². The van der Waals surface area contributed by atoms with Gasteiger partial charge >= 0.3 is 17.9 Å². The molecule has 0 fully saturated rings. The number of phenols is 1. The summed E-state index contributed by atoms with van der Waals surface area (Å²) in [7, 11) is 0. The highest BCUT2D eigenvalue weighted by molar-refractivity contribution is 5.92. The van der Waals surface area contributed by atoms with Crippen LogP contribution in [-0.4, -0.2) is 68.3 Å². The Balaban J connectivity index is 2.86. The van der Waals surface area contributed by atoms with Crippen LogP contribution in [0.2, 0.25) is 0 Å². The van der Waals surface area contributed by atoms with Gasteiger partial charge in [0.2, 0.25) is 11.8 Å². The van der Waals surface area contributed by atoms with E-state index < -0.39 is 54.3 Å². The number of nitrogens with two attached hydrogens (primary N) is 1. The number of nitrogens with one attached hydrogen (secondary N) is 2. The Morgan fingerprint density at radius 3 is 1.84 bits per heavy atom. The fraction of sp³-hybridized carbons (Fsp3) is 0.421. The Hall–Kier alpha value is -3.67. The third kappa shape index (κ3) is 9.58. The first kappa shape index (κ1) is 25.4.